The molecule has 2 heterocycles. The summed E-state index contributed by atoms with van der Waals surface area (Å²) in [6.07, 6.45) is 2.15. The maximum absolute atomic E-state index is 12.3. The zero-order chi connectivity index (χ0) is 17.6. The van der Waals surface area contributed by atoms with E-state index >= 15 is 0 Å². The van der Waals surface area contributed by atoms with Crippen LogP contribution in [-0.4, -0.2) is 41.6 Å². The summed E-state index contributed by atoms with van der Waals surface area (Å²) in [6, 6.07) is 12.9. The second-order valence-electron chi connectivity index (χ2n) is 5.97. The van der Waals surface area contributed by atoms with Crippen LogP contribution < -0.4 is 9.47 Å². The maximum atomic E-state index is 12.3. The molecule has 1 aromatic heterocycles. The van der Waals surface area contributed by atoms with Gasteiger partial charge in [0.2, 0.25) is 5.88 Å². The number of aryl methyl sites for hydroxylation is 1. The predicted octanol–water partition coefficient (Wildman–Crippen LogP) is 2.32. The summed E-state index contributed by atoms with van der Waals surface area (Å²) in [5.74, 6) is 1.04. The Kier molecular flexibility index (Phi) is 5.14. The molecule has 0 saturated carbocycles. The summed E-state index contributed by atoms with van der Waals surface area (Å²) < 4.78 is 11.3. The molecule has 1 amide bonds. The van der Waals surface area contributed by atoms with Crippen LogP contribution in [0.5, 0.6) is 11.6 Å². The molecule has 1 aliphatic heterocycles. The third-order valence-electron chi connectivity index (χ3n) is 4.00. The quantitative estimate of drug-likeness (QED) is 0.837. The van der Waals surface area contributed by atoms with Gasteiger partial charge in [0.1, 0.15) is 11.9 Å². The Morgan fingerprint density at radius 1 is 1.40 bits per heavy atom. The molecule has 0 radical (unpaired) electrons. The van der Waals surface area contributed by atoms with Gasteiger partial charge >= 0.3 is 0 Å². The van der Waals surface area contributed by atoms with E-state index in [9.17, 15) is 4.79 Å². The molecule has 0 aliphatic carbocycles. The van der Waals surface area contributed by atoms with Crippen LogP contribution in [0.1, 0.15) is 17.5 Å². The number of likely N-dealkylation sites (tertiary alicyclic amines) is 1. The Morgan fingerprint density at radius 2 is 2.28 bits per heavy atom. The highest BCUT2D eigenvalue weighted by Crippen LogP contribution is 2.18. The maximum Gasteiger partial charge on any atom is 0.260 e. The van der Waals surface area contributed by atoms with Crippen LogP contribution in [0.2, 0.25) is 0 Å². The lowest BCUT2D eigenvalue weighted by Gasteiger charge is -2.17. The zero-order valence-electron chi connectivity index (χ0n) is 14.0. The van der Waals surface area contributed by atoms with Crippen LogP contribution in [-0.2, 0) is 4.79 Å². The molecule has 25 heavy (non-hydrogen) atoms. The van der Waals surface area contributed by atoms with E-state index in [1.807, 2.05) is 31.2 Å². The van der Waals surface area contributed by atoms with Crippen molar-refractivity contribution in [1.82, 2.24) is 9.88 Å². The van der Waals surface area contributed by atoms with Crippen LogP contribution in [0.25, 0.3) is 0 Å². The Morgan fingerprint density at radius 3 is 3.08 bits per heavy atom. The highest BCUT2D eigenvalue weighted by Gasteiger charge is 2.28. The largest absolute Gasteiger partial charge is 0.484 e. The smallest absolute Gasteiger partial charge is 0.260 e. The molecule has 128 valence electrons. The molecule has 1 aromatic carbocycles. The number of hydrogen-bond acceptors (Lipinski definition) is 5. The molecule has 3 rings (SSSR count). The van der Waals surface area contributed by atoms with Gasteiger partial charge in [0.25, 0.3) is 5.91 Å². The Balaban J connectivity index is 1.50. The molecule has 0 bridgehead atoms. The number of nitrogens with zero attached hydrogens (tertiary/aromatic N) is 3. The highest BCUT2D eigenvalue weighted by atomic mass is 16.5. The van der Waals surface area contributed by atoms with Crippen molar-refractivity contribution in [3.05, 3.63) is 53.7 Å². The van der Waals surface area contributed by atoms with Gasteiger partial charge in [0.05, 0.1) is 18.2 Å². The van der Waals surface area contributed by atoms with Gasteiger partial charge in [-0.05, 0) is 30.7 Å². The molecule has 0 N–H and O–H groups in total. The number of aromatic nitrogens is 1. The summed E-state index contributed by atoms with van der Waals surface area (Å²) in [5.41, 5.74) is 1.59. The molecule has 6 nitrogen and oxygen atoms in total. The van der Waals surface area contributed by atoms with Crippen molar-refractivity contribution in [2.24, 2.45) is 0 Å². The summed E-state index contributed by atoms with van der Waals surface area (Å²) in [6.45, 7) is 3.11. The normalized spacial score (nSPS) is 16.3. The molecular formula is C19H19N3O3. The minimum Gasteiger partial charge on any atom is -0.484 e. The fourth-order valence-corrected chi connectivity index (χ4v) is 2.71. The molecular weight excluding hydrogens is 318 g/mol. The van der Waals surface area contributed by atoms with E-state index in [0.29, 0.717) is 30.3 Å². The van der Waals surface area contributed by atoms with Crippen LogP contribution >= 0.6 is 0 Å². The Bertz CT molecular complexity index is 800. The monoisotopic (exact) mass is 337 g/mol. The molecule has 1 aliphatic rings. The number of benzene rings is 1. The van der Waals surface area contributed by atoms with Crippen LogP contribution in [0.4, 0.5) is 0 Å². The molecule has 1 saturated heterocycles. The predicted molar refractivity (Wildman–Crippen MR) is 91.2 cm³/mol. The number of nitriles is 1. The van der Waals surface area contributed by atoms with E-state index in [0.717, 1.165) is 12.0 Å². The number of carbonyl (C=O) groups is 1. The Labute approximate surface area is 146 Å². The number of amides is 1. The lowest BCUT2D eigenvalue weighted by molar-refractivity contribution is -0.132. The van der Waals surface area contributed by atoms with Gasteiger partial charge in [-0.25, -0.2) is 4.98 Å². The standard InChI is InChI=1S/C19H19N3O3/c1-14-3-2-4-16(9-14)24-13-19(23)22-8-6-17(12-22)25-18-10-15(11-20)5-7-21-18/h2-5,7,9-10,17H,6,8,12-13H2,1H3. The molecule has 0 spiro atoms. The van der Waals surface area contributed by atoms with Gasteiger partial charge in [0, 0.05) is 25.2 Å². The molecule has 1 atom stereocenters. The van der Waals surface area contributed by atoms with Crippen molar-refractivity contribution in [1.29, 1.82) is 5.26 Å². The van der Waals surface area contributed by atoms with Gasteiger partial charge in [0.15, 0.2) is 6.61 Å². The Hall–Kier alpha value is -3.07. The highest BCUT2D eigenvalue weighted by molar-refractivity contribution is 5.78. The van der Waals surface area contributed by atoms with Crippen LogP contribution in [0.15, 0.2) is 42.6 Å². The van der Waals surface area contributed by atoms with E-state index in [4.69, 9.17) is 14.7 Å². The van der Waals surface area contributed by atoms with Crippen molar-refractivity contribution < 1.29 is 14.3 Å². The molecule has 1 unspecified atom stereocenters. The summed E-state index contributed by atoms with van der Waals surface area (Å²) in [5, 5.41) is 8.91. The van der Waals surface area contributed by atoms with Gasteiger partial charge in [-0.3, -0.25) is 4.79 Å². The lowest BCUT2D eigenvalue weighted by atomic mass is 10.2. The first-order valence-corrected chi connectivity index (χ1v) is 8.14. The second-order valence-corrected chi connectivity index (χ2v) is 5.97. The SMILES string of the molecule is Cc1cccc(OCC(=O)N2CCC(Oc3cc(C#N)ccn3)C2)c1. The number of carbonyl (C=O) groups excluding carboxylic acids is 1. The molecule has 2 aromatic rings. The average molecular weight is 337 g/mol. The van der Waals surface area contributed by atoms with Crippen LogP contribution in [0.3, 0.4) is 0 Å². The van der Waals surface area contributed by atoms with Crippen molar-refractivity contribution in [3.8, 4) is 17.7 Å². The first-order valence-electron chi connectivity index (χ1n) is 8.14. The minimum absolute atomic E-state index is 0.0122. The van der Waals surface area contributed by atoms with Crippen molar-refractivity contribution in [2.45, 2.75) is 19.4 Å². The number of rotatable bonds is 5. The molecule has 1 fully saturated rings. The summed E-state index contributed by atoms with van der Waals surface area (Å²) in [7, 11) is 0. The van der Waals surface area contributed by atoms with E-state index in [-0.39, 0.29) is 18.6 Å². The third-order valence-corrected chi connectivity index (χ3v) is 4.00. The van der Waals surface area contributed by atoms with Crippen molar-refractivity contribution in [3.63, 3.8) is 0 Å². The van der Waals surface area contributed by atoms with E-state index in [2.05, 4.69) is 11.1 Å². The fourth-order valence-electron chi connectivity index (χ4n) is 2.71. The fraction of sp³-hybridized carbons (Fsp3) is 0.316. The lowest BCUT2D eigenvalue weighted by Crippen LogP contribution is -2.34. The van der Waals surface area contributed by atoms with E-state index in [1.165, 1.54) is 0 Å². The second kappa shape index (κ2) is 7.67. The first kappa shape index (κ1) is 16.8. The van der Waals surface area contributed by atoms with Crippen LogP contribution in [0, 0.1) is 18.3 Å². The summed E-state index contributed by atoms with van der Waals surface area (Å²) >= 11 is 0. The summed E-state index contributed by atoms with van der Waals surface area (Å²) in [4.78, 5) is 18.1. The average Bonchev–Trinajstić information content (AvgIpc) is 3.08. The first-order chi connectivity index (χ1) is 12.1. The van der Waals surface area contributed by atoms with Gasteiger partial charge < -0.3 is 14.4 Å². The number of hydrogen-bond donors (Lipinski definition) is 0. The molecule has 6 heteroatoms. The van der Waals surface area contributed by atoms with E-state index in [1.54, 1.807) is 23.2 Å². The number of pyridine rings is 1. The van der Waals surface area contributed by atoms with E-state index < -0.39 is 0 Å². The number of ether oxygens (including phenoxy) is 2. The van der Waals surface area contributed by atoms with Crippen molar-refractivity contribution >= 4 is 5.91 Å². The van der Waals surface area contributed by atoms with Crippen molar-refractivity contribution in [2.75, 3.05) is 19.7 Å². The third kappa shape index (κ3) is 4.48. The van der Waals surface area contributed by atoms with Gasteiger partial charge in [-0.2, -0.15) is 5.26 Å². The topological polar surface area (TPSA) is 75.4 Å². The zero-order valence-corrected chi connectivity index (χ0v) is 14.0. The minimum atomic E-state index is -0.121. The van der Waals surface area contributed by atoms with Gasteiger partial charge in [-0.1, -0.05) is 12.1 Å². The van der Waals surface area contributed by atoms with Gasteiger partial charge in [-0.15, -0.1) is 0 Å².